The Kier molecular flexibility index (Phi) is 7.26. The molecule has 1 aromatic heterocycles. The first-order valence-corrected chi connectivity index (χ1v) is 13.4. The Morgan fingerprint density at radius 1 is 1.11 bits per heavy atom. The predicted octanol–water partition coefficient (Wildman–Crippen LogP) is 7.19. The van der Waals surface area contributed by atoms with Gasteiger partial charge in [-0.25, -0.2) is 0 Å². The van der Waals surface area contributed by atoms with Crippen LogP contribution in [0, 0.1) is 5.41 Å². The molecule has 0 aliphatic carbocycles. The molecule has 0 spiro atoms. The number of rotatable bonds is 6. The highest BCUT2D eigenvalue weighted by Gasteiger charge is 2.48. The molecule has 192 valence electrons. The molecule has 37 heavy (non-hydrogen) atoms. The average molecular weight is 515 g/mol. The second-order valence-electron chi connectivity index (χ2n) is 10.7. The van der Waals surface area contributed by atoms with E-state index in [9.17, 15) is 5.11 Å². The largest absolute Gasteiger partial charge is 0.483 e. The van der Waals surface area contributed by atoms with Gasteiger partial charge in [-0.3, -0.25) is 4.98 Å². The van der Waals surface area contributed by atoms with E-state index in [-0.39, 0.29) is 11.5 Å². The van der Waals surface area contributed by atoms with Gasteiger partial charge in [0.15, 0.2) is 0 Å². The Morgan fingerprint density at radius 3 is 2.62 bits per heavy atom. The number of nitrogens with zero attached hydrogens (tertiary/aromatic N) is 2. The van der Waals surface area contributed by atoms with Crippen LogP contribution in [-0.4, -0.2) is 34.6 Å². The lowest BCUT2D eigenvalue weighted by Gasteiger charge is -2.50. The molecule has 0 radical (unpaired) electrons. The van der Waals surface area contributed by atoms with Crippen molar-refractivity contribution in [2.45, 2.75) is 44.8 Å². The van der Waals surface area contributed by atoms with Gasteiger partial charge in [0.05, 0.1) is 11.3 Å². The monoisotopic (exact) mass is 514 g/mol. The zero-order valence-electron chi connectivity index (χ0n) is 21.7. The molecule has 2 aromatic carbocycles. The maximum atomic E-state index is 11.7. The number of pyridine rings is 1. The third kappa shape index (κ3) is 4.98. The number of benzene rings is 2. The predicted molar refractivity (Wildman–Crippen MR) is 151 cm³/mol. The minimum absolute atomic E-state index is 0.158. The Morgan fingerprint density at radius 2 is 1.86 bits per heavy atom. The van der Waals surface area contributed by atoms with Crippen LogP contribution in [0.5, 0.6) is 5.75 Å². The van der Waals surface area contributed by atoms with Crippen molar-refractivity contribution in [1.29, 1.82) is 0 Å². The van der Waals surface area contributed by atoms with E-state index in [4.69, 9.17) is 21.3 Å². The van der Waals surface area contributed by atoms with E-state index in [2.05, 4.69) is 49.6 Å². The molecule has 2 atom stereocenters. The zero-order valence-corrected chi connectivity index (χ0v) is 22.4. The Balaban J connectivity index is 1.37. The highest BCUT2D eigenvalue weighted by molar-refractivity contribution is 6.30. The van der Waals surface area contributed by atoms with Crippen molar-refractivity contribution in [3.05, 3.63) is 113 Å². The summed E-state index contributed by atoms with van der Waals surface area (Å²) in [5, 5.41) is 12.4. The number of likely N-dealkylation sites (tertiary alicyclic amines) is 1. The van der Waals surface area contributed by atoms with Crippen molar-refractivity contribution < 1.29 is 9.84 Å². The van der Waals surface area contributed by atoms with Gasteiger partial charge in [0.1, 0.15) is 11.9 Å². The number of aromatic nitrogens is 1. The first kappa shape index (κ1) is 25.7. The van der Waals surface area contributed by atoms with Gasteiger partial charge in [0, 0.05) is 53.8 Å². The second kappa shape index (κ2) is 10.4. The molecule has 0 bridgehead atoms. The van der Waals surface area contributed by atoms with Crippen molar-refractivity contribution in [3.8, 4) is 5.75 Å². The van der Waals surface area contributed by atoms with Crippen molar-refractivity contribution in [3.63, 3.8) is 0 Å². The van der Waals surface area contributed by atoms with Crippen LogP contribution in [0.2, 0.25) is 5.02 Å². The van der Waals surface area contributed by atoms with Gasteiger partial charge >= 0.3 is 0 Å². The molecular weight excluding hydrogens is 480 g/mol. The van der Waals surface area contributed by atoms with Crippen LogP contribution in [0.15, 0.2) is 85.6 Å². The van der Waals surface area contributed by atoms with Crippen molar-refractivity contribution in [1.82, 2.24) is 9.88 Å². The Labute approximate surface area is 225 Å². The summed E-state index contributed by atoms with van der Waals surface area (Å²) in [6.07, 6.45) is 8.17. The smallest absolute Gasteiger partial charge is 0.145 e. The topological polar surface area (TPSA) is 45.6 Å². The summed E-state index contributed by atoms with van der Waals surface area (Å²) in [5.41, 5.74) is 4.10. The first-order valence-electron chi connectivity index (χ1n) is 13.1. The van der Waals surface area contributed by atoms with Crippen LogP contribution in [0.3, 0.4) is 0 Å². The fourth-order valence-electron chi connectivity index (χ4n) is 5.85. The molecule has 2 aliphatic heterocycles. The number of halogens is 1. The van der Waals surface area contributed by atoms with Crippen LogP contribution in [0.4, 0.5) is 0 Å². The van der Waals surface area contributed by atoms with Crippen LogP contribution in [-0.2, 0) is 5.60 Å². The zero-order chi connectivity index (χ0) is 26.0. The molecular formula is C32H35ClN2O2. The molecule has 5 rings (SSSR count). The number of para-hydroxylation sites is 1. The van der Waals surface area contributed by atoms with Gasteiger partial charge in [0.25, 0.3) is 0 Å². The lowest BCUT2D eigenvalue weighted by atomic mass is 9.66. The van der Waals surface area contributed by atoms with Crippen LogP contribution >= 0.6 is 11.6 Å². The highest BCUT2D eigenvalue weighted by Crippen LogP contribution is 2.46. The second-order valence-corrected chi connectivity index (χ2v) is 11.2. The third-order valence-corrected chi connectivity index (χ3v) is 8.16. The maximum Gasteiger partial charge on any atom is 0.145 e. The summed E-state index contributed by atoms with van der Waals surface area (Å²) in [7, 11) is 0. The lowest BCUT2D eigenvalue weighted by molar-refractivity contribution is -0.125. The van der Waals surface area contributed by atoms with Crippen LogP contribution in [0.25, 0.3) is 5.57 Å². The van der Waals surface area contributed by atoms with E-state index in [1.54, 1.807) is 0 Å². The molecule has 1 fully saturated rings. The summed E-state index contributed by atoms with van der Waals surface area (Å²) in [6, 6.07) is 20.0. The van der Waals surface area contributed by atoms with E-state index in [0.717, 1.165) is 54.2 Å². The van der Waals surface area contributed by atoms with Crippen molar-refractivity contribution in [2.75, 3.05) is 19.6 Å². The van der Waals surface area contributed by atoms with Crippen LogP contribution < -0.4 is 4.74 Å². The molecule has 3 heterocycles. The highest BCUT2D eigenvalue weighted by atomic mass is 35.5. The quantitative estimate of drug-likeness (QED) is 0.354. The Bertz CT molecular complexity index is 1300. The number of hydrogen-bond acceptors (Lipinski definition) is 4. The van der Waals surface area contributed by atoms with Gasteiger partial charge in [-0.2, -0.15) is 0 Å². The van der Waals surface area contributed by atoms with Gasteiger partial charge in [0.2, 0.25) is 0 Å². The fourth-order valence-corrected chi connectivity index (χ4v) is 5.98. The standard InChI is InChI=1S/C32H35ClN2O2/c1-4-9-29-30-27(11-7-19-34-30)25(26-10-5-6-13-28(26)37-29)12-8-20-35-21-18-32(36,31(2,3)22-35)23-14-16-24(33)17-15-23/h4-7,10-17,19,29,36H,1,8-9,18,20-22H2,2-3H3. The van der Waals surface area contributed by atoms with Gasteiger partial charge in [-0.05, 0) is 48.2 Å². The van der Waals surface area contributed by atoms with Gasteiger partial charge in [-0.1, -0.05) is 74.0 Å². The molecule has 0 amide bonds. The summed E-state index contributed by atoms with van der Waals surface area (Å²) >= 11 is 6.10. The SMILES string of the molecule is C=CCC1Oc2ccccc2C(=CCCN2CCC(O)(c3ccc(Cl)cc3)C(C)(C)C2)c2cccnc21. The summed E-state index contributed by atoms with van der Waals surface area (Å²) < 4.78 is 6.43. The number of ether oxygens (including phenoxy) is 1. The number of hydrogen-bond donors (Lipinski definition) is 1. The van der Waals surface area contributed by atoms with Gasteiger partial charge < -0.3 is 14.7 Å². The van der Waals surface area contributed by atoms with E-state index in [0.29, 0.717) is 17.9 Å². The van der Waals surface area contributed by atoms with Crippen molar-refractivity contribution in [2.24, 2.45) is 5.41 Å². The third-order valence-electron chi connectivity index (χ3n) is 7.90. The van der Waals surface area contributed by atoms with Crippen molar-refractivity contribution >= 4 is 17.2 Å². The summed E-state index contributed by atoms with van der Waals surface area (Å²) in [6.45, 7) is 10.8. The molecule has 5 heteroatoms. The average Bonchev–Trinajstić information content (AvgIpc) is 3.02. The van der Waals surface area contributed by atoms with Crippen LogP contribution in [0.1, 0.15) is 61.6 Å². The van der Waals surface area contributed by atoms with E-state index >= 15 is 0 Å². The molecule has 2 unspecified atom stereocenters. The Hall–Kier alpha value is -2.92. The molecule has 4 nitrogen and oxygen atoms in total. The van der Waals surface area contributed by atoms with E-state index < -0.39 is 5.60 Å². The summed E-state index contributed by atoms with van der Waals surface area (Å²) in [5.74, 6) is 0.880. The lowest BCUT2D eigenvalue weighted by Crippen LogP contribution is -2.55. The molecule has 2 aliphatic rings. The number of fused-ring (bicyclic) bond motifs is 2. The van der Waals surface area contributed by atoms with E-state index in [1.807, 2.05) is 54.7 Å². The molecule has 0 saturated carbocycles. The van der Waals surface area contributed by atoms with Gasteiger partial charge in [-0.15, -0.1) is 6.58 Å². The number of piperidine rings is 1. The summed E-state index contributed by atoms with van der Waals surface area (Å²) in [4.78, 5) is 7.18. The molecule has 1 N–H and O–H groups in total. The molecule has 1 saturated heterocycles. The fraction of sp³-hybridized carbons (Fsp3) is 0.344. The minimum atomic E-state index is -0.880. The first-order chi connectivity index (χ1) is 17.8. The number of aliphatic hydroxyl groups is 1. The van der Waals surface area contributed by atoms with E-state index in [1.165, 1.54) is 5.57 Å². The maximum absolute atomic E-state index is 11.7. The molecule has 3 aromatic rings. The minimum Gasteiger partial charge on any atom is -0.483 e. The normalized spacial score (nSPS) is 24.0.